The van der Waals surface area contributed by atoms with Crippen molar-refractivity contribution in [3.05, 3.63) is 0 Å². The molecule has 0 aliphatic carbocycles. The third-order valence-electron chi connectivity index (χ3n) is 11.5. The van der Waals surface area contributed by atoms with Crippen LogP contribution in [0.3, 0.4) is 0 Å². The van der Waals surface area contributed by atoms with Gasteiger partial charge in [-0.15, -0.1) is 0 Å². The van der Waals surface area contributed by atoms with E-state index >= 15 is 0 Å². The standard InChI is InChI=1S/C43H78N12O9S/c1-11-16-28(50-36(58)29(19-22-65-10)51-40(62)34(25(7)13-3)54-39(61)32(23(4)5)49-27(9)56)37(59)53-33(24(6)12-2)41(63)52-30(17-14-20-47-43(45)46)42(64)55-21-15-18-31(55)38(60)48-26(8)35(44)57/h23-26,28-34H,11-22H2,1-10H3,(H2,44,57)(H,48,60)(H,49,56)(H,50,58)(H,51,62)(H,52,63)(H,53,59)(H,54,61)(H4,45,46,47)/t24-,25-,26+,28-,29-,30-,31-,32-,33-,34+/m0/s1. The van der Waals surface area contributed by atoms with Crippen LogP contribution in [0.4, 0.5) is 0 Å². The van der Waals surface area contributed by atoms with Crippen molar-refractivity contribution < 1.29 is 43.2 Å². The minimum Gasteiger partial charge on any atom is -0.370 e. The summed E-state index contributed by atoms with van der Waals surface area (Å²) in [6.45, 7) is 15.7. The molecular weight excluding hydrogens is 861 g/mol. The molecule has 1 rings (SSSR count). The topological polar surface area (TPSA) is 331 Å². The zero-order valence-electron chi connectivity index (χ0n) is 40.0. The summed E-state index contributed by atoms with van der Waals surface area (Å²) in [6.07, 6.45) is 4.81. The highest BCUT2D eigenvalue weighted by Crippen LogP contribution is 2.21. The summed E-state index contributed by atoms with van der Waals surface area (Å²) in [4.78, 5) is 126. The molecule has 0 unspecified atom stereocenters. The highest BCUT2D eigenvalue weighted by atomic mass is 32.2. The van der Waals surface area contributed by atoms with Crippen LogP contribution in [-0.4, -0.2) is 137 Å². The normalized spacial score (nSPS) is 17.6. The molecule has 9 amide bonds. The predicted octanol–water partition coefficient (Wildman–Crippen LogP) is -0.749. The monoisotopic (exact) mass is 939 g/mol. The van der Waals surface area contributed by atoms with Crippen LogP contribution in [-0.2, 0) is 43.2 Å². The van der Waals surface area contributed by atoms with E-state index in [1.54, 1.807) is 27.7 Å². The number of carbonyl (C=O) groups is 9. The number of aliphatic imine (C=N–C) groups is 1. The minimum atomic E-state index is -1.16. The second-order valence-corrected chi connectivity index (χ2v) is 18.2. The van der Waals surface area contributed by atoms with Crippen LogP contribution >= 0.6 is 11.8 Å². The van der Waals surface area contributed by atoms with Gasteiger partial charge in [-0.05, 0) is 75.2 Å². The molecule has 0 radical (unpaired) electrons. The van der Waals surface area contributed by atoms with Gasteiger partial charge in [0.05, 0.1) is 0 Å². The van der Waals surface area contributed by atoms with E-state index in [2.05, 4.69) is 42.2 Å². The van der Waals surface area contributed by atoms with Crippen molar-refractivity contribution in [1.29, 1.82) is 0 Å². The Morgan fingerprint density at radius 2 is 1.17 bits per heavy atom. The van der Waals surface area contributed by atoms with Crippen LogP contribution in [0.1, 0.15) is 120 Å². The largest absolute Gasteiger partial charge is 0.370 e. The molecule has 13 N–H and O–H groups in total. The molecule has 21 nitrogen and oxygen atoms in total. The van der Waals surface area contributed by atoms with Crippen LogP contribution in [0.25, 0.3) is 0 Å². The average Bonchev–Trinajstić information content (AvgIpc) is 3.75. The van der Waals surface area contributed by atoms with Gasteiger partial charge in [-0.3, -0.25) is 48.1 Å². The minimum absolute atomic E-state index is 0.0813. The van der Waals surface area contributed by atoms with Gasteiger partial charge >= 0.3 is 0 Å². The molecule has 1 fully saturated rings. The van der Waals surface area contributed by atoms with E-state index in [4.69, 9.17) is 17.2 Å². The number of hydrogen-bond donors (Lipinski definition) is 10. The number of amides is 9. The summed E-state index contributed by atoms with van der Waals surface area (Å²) in [5.41, 5.74) is 16.3. The smallest absolute Gasteiger partial charge is 0.245 e. The van der Waals surface area contributed by atoms with Gasteiger partial charge in [0.1, 0.15) is 48.3 Å². The summed E-state index contributed by atoms with van der Waals surface area (Å²) in [7, 11) is 0. The Morgan fingerprint density at radius 1 is 0.662 bits per heavy atom. The molecular formula is C43H78N12O9S. The van der Waals surface area contributed by atoms with Crippen molar-refractivity contribution in [1.82, 2.24) is 42.1 Å². The first-order valence-electron chi connectivity index (χ1n) is 22.8. The van der Waals surface area contributed by atoms with Crippen LogP contribution < -0.4 is 54.4 Å². The lowest BCUT2D eigenvalue weighted by Gasteiger charge is -2.32. The van der Waals surface area contributed by atoms with Crippen LogP contribution in [0.15, 0.2) is 4.99 Å². The Bertz CT molecular complexity index is 1660. The van der Waals surface area contributed by atoms with E-state index in [-0.39, 0.29) is 56.6 Å². The zero-order valence-corrected chi connectivity index (χ0v) is 40.9. The maximum atomic E-state index is 14.2. The van der Waals surface area contributed by atoms with E-state index < -0.39 is 107 Å². The van der Waals surface area contributed by atoms with Gasteiger partial charge in [0.25, 0.3) is 0 Å². The van der Waals surface area contributed by atoms with E-state index in [0.29, 0.717) is 37.9 Å². The first-order valence-corrected chi connectivity index (χ1v) is 24.2. The van der Waals surface area contributed by atoms with E-state index in [0.717, 1.165) is 0 Å². The SMILES string of the molecule is CCC[C@H](NC(=O)[C@H](CCSC)NC(=O)[C@H](NC(=O)[C@@H](NC(C)=O)C(C)C)[C@@H](C)CC)C(=O)N[C@H](C(=O)N[C@@H](CCCN=C(N)N)C(=O)N1CCC[C@H]1C(=O)N[C@H](C)C(N)=O)[C@@H](C)CC. The molecule has 1 heterocycles. The second-order valence-electron chi connectivity index (χ2n) is 17.2. The Morgan fingerprint density at radius 3 is 1.66 bits per heavy atom. The van der Waals surface area contributed by atoms with Crippen LogP contribution in [0, 0.1) is 17.8 Å². The highest BCUT2D eigenvalue weighted by Gasteiger charge is 2.40. The van der Waals surface area contributed by atoms with Gasteiger partial charge in [0, 0.05) is 20.0 Å². The van der Waals surface area contributed by atoms with Crippen molar-refractivity contribution in [2.24, 2.45) is 39.9 Å². The lowest BCUT2D eigenvalue weighted by molar-refractivity contribution is -0.142. The molecule has 65 heavy (non-hydrogen) atoms. The lowest BCUT2D eigenvalue weighted by Crippen LogP contribution is -2.61. The predicted molar refractivity (Wildman–Crippen MR) is 250 cm³/mol. The molecule has 0 aromatic heterocycles. The Balaban J connectivity index is 3.41. The van der Waals surface area contributed by atoms with Gasteiger partial charge in [0.2, 0.25) is 53.2 Å². The maximum absolute atomic E-state index is 14.2. The quantitative estimate of drug-likeness (QED) is 0.0252. The molecule has 0 saturated carbocycles. The Kier molecular flexibility index (Phi) is 26.2. The number of primary amides is 1. The third-order valence-corrected chi connectivity index (χ3v) is 12.2. The fourth-order valence-electron chi connectivity index (χ4n) is 7.16. The first kappa shape index (κ1) is 57.9. The second kappa shape index (κ2) is 29.4. The lowest BCUT2D eigenvalue weighted by atomic mass is 9.96. The molecule has 1 saturated heterocycles. The number of nitrogens with zero attached hydrogens (tertiary/aromatic N) is 2. The van der Waals surface area contributed by atoms with Gasteiger partial charge in [-0.1, -0.05) is 67.7 Å². The zero-order chi connectivity index (χ0) is 49.6. The first-order chi connectivity index (χ1) is 30.5. The molecule has 0 bridgehead atoms. The van der Waals surface area contributed by atoms with Gasteiger partial charge in [0.15, 0.2) is 5.96 Å². The fourth-order valence-corrected chi connectivity index (χ4v) is 7.63. The summed E-state index contributed by atoms with van der Waals surface area (Å²) < 4.78 is 0. The van der Waals surface area contributed by atoms with Crippen molar-refractivity contribution in [3.63, 3.8) is 0 Å². The average molecular weight is 939 g/mol. The molecule has 0 spiro atoms. The van der Waals surface area contributed by atoms with Crippen LogP contribution in [0.5, 0.6) is 0 Å². The summed E-state index contributed by atoms with van der Waals surface area (Å²) in [5.74, 6) is -6.11. The van der Waals surface area contributed by atoms with Crippen molar-refractivity contribution in [2.75, 3.05) is 25.1 Å². The summed E-state index contributed by atoms with van der Waals surface area (Å²) in [5, 5.41) is 19.1. The molecule has 0 aromatic rings. The highest BCUT2D eigenvalue weighted by molar-refractivity contribution is 7.98. The van der Waals surface area contributed by atoms with Crippen molar-refractivity contribution >= 4 is 70.9 Å². The van der Waals surface area contributed by atoms with Crippen molar-refractivity contribution in [2.45, 2.75) is 168 Å². The molecule has 10 atom stereocenters. The molecule has 22 heteroatoms. The summed E-state index contributed by atoms with van der Waals surface area (Å²) >= 11 is 1.45. The number of nitrogens with two attached hydrogens (primary N) is 3. The number of rotatable bonds is 29. The Labute approximate surface area is 388 Å². The van der Waals surface area contributed by atoms with E-state index in [1.165, 1.54) is 30.5 Å². The number of thioether (sulfide) groups is 1. The van der Waals surface area contributed by atoms with Gasteiger partial charge in [-0.25, -0.2) is 0 Å². The number of hydrogen-bond acceptors (Lipinski definition) is 11. The van der Waals surface area contributed by atoms with E-state index in [9.17, 15) is 43.2 Å². The summed E-state index contributed by atoms with van der Waals surface area (Å²) in [6, 6.07) is -8.37. The number of guanidine groups is 1. The van der Waals surface area contributed by atoms with Gasteiger partial charge in [-0.2, -0.15) is 11.8 Å². The van der Waals surface area contributed by atoms with Crippen LogP contribution in [0.2, 0.25) is 0 Å². The van der Waals surface area contributed by atoms with Crippen molar-refractivity contribution in [3.8, 4) is 0 Å². The van der Waals surface area contributed by atoms with Gasteiger partial charge < -0.3 is 59.3 Å². The third kappa shape index (κ3) is 19.5. The van der Waals surface area contributed by atoms with E-state index in [1.807, 2.05) is 27.0 Å². The molecule has 0 aromatic carbocycles. The number of likely N-dealkylation sites (tertiary alicyclic amines) is 1. The maximum Gasteiger partial charge on any atom is 0.245 e. The molecule has 370 valence electrons. The fraction of sp³-hybridized carbons (Fsp3) is 0.767. The Hall–Kier alpha value is -5.15. The number of carbonyl (C=O) groups excluding carboxylic acids is 9. The number of nitrogens with one attached hydrogen (secondary N) is 7. The molecule has 1 aliphatic heterocycles. The molecule has 1 aliphatic rings.